The molecule has 0 atom stereocenters. The first-order valence-electron chi connectivity index (χ1n) is 14.7. The van der Waals surface area contributed by atoms with Crippen LogP contribution < -0.4 is 99.6 Å². The molecule has 25 heteroatoms. The van der Waals surface area contributed by atoms with Crippen LogP contribution in [0.15, 0.2) is 108 Å². The Morgan fingerprint density at radius 1 is 0.643 bits per heavy atom. The molecule has 18 nitrogen and oxygen atoms in total. The number of nitrogens with one attached hydrogen (secondary N) is 3. The molecule has 0 aliphatic heterocycles. The minimum Gasteiger partial charge on any atom is -0.744 e. The first-order chi connectivity index (χ1) is 24.8. The fraction of sp³-hybridized carbons (Fsp3) is 0.0645. The molecule has 3 N–H and O–H groups in total. The molecular formula is C31H21ClN9Na3O9S3. The van der Waals surface area contributed by atoms with Crippen LogP contribution >= 0.6 is 11.6 Å². The summed E-state index contributed by atoms with van der Waals surface area (Å²) < 4.78 is 107. The number of H-pyrrole nitrogens is 1. The Bertz CT molecular complexity index is 2990. The number of aromatic amines is 1. The van der Waals surface area contributed by atoms with Gasteiger partial charge >= 0.3 is 88.7 Å². The second-order valence-electron chi connectivity index (χ2n) is 11.3. The zero-order valence-corrected chi connectivity index (χ0v) is 39.1. The van der Waals surface area contributed by atoms with Crippen molar-refractivity contribution in [3.63, 3.8) is 0 Å². The van der Waals surface area contributed by atoms with E-state index in [1.807, 2.05) is 0 Å². The molecule has 272 valence electrons. The molecule has 6 rings (SSSR count). The Hall–Kier alpha value is -2.55. The average Bonchev–Trinajstić information content (AvgIpc) is 3.05. The molecule has 0 aliphatic carbocycles. The first-order valence-corrected chi connectivity index (χ1v) is 19.3. The predicted molar refractivity (Wildman–Crippen MR) is 187 cm³/mol. The van der Waals surface area contributed by atoms with Gasteiger partial charge in [0.1, 0.15) is 30.4 Å². The van der Waals surface area contributed by atoms with E-state index < -0.39 is 45.0 Å². The number of hydrogen-bond acceptors (Lipinski definition) is 17. The van der Waals surface area contributed by atoms with Gasteiger partial charge in [0, 0.05) is 27.2 Å². The Labute approximate surface area is 390 Å². The van der Waals surface area contributed by atoms with Gasteiger partial charge in [0.25, 0.3) is 0 Å². The minimum absolute atomic E-state index is 0. The van der Waals surface area contributed by atoms with Crippen molar-refractivity contribution in [1.82, 2.24) is 15.0 Å². The van der Waals surface area contributed by atoms with E-state index in [2.05, 4.69) is 40.7 Å². The maximum Gasteiger partial charge on any atom is 1.00 e. The van der Waals surface area contributed by atoms with Crippen molar-refractivity contribution >= 4 is 97.9 Å². The monoisotopic (exact) mass is 863 g/mol. The zero-order chi connectivity index (χ0) is 38.5. The van der Waals surface area contributed by atoms with Crippen LogP contribution in [0.5, 0.6) is 0 Å². The number of azo groups is 2. The predicted octanol–water partition coefficient (Wildman–Crippen LogP) is -2.84. The van der Waals surface area contributed by atoms with Crippen LogP contribution in [0.25, 0.3) is 21.5 Å². The average molecular weight is 864 g/mol. The van der Waals surface area contributed by atoms with E-state index in [0.29, 0.717) is 27.9 Å². The number of hydrogen-bond donors (Lipinski definition) is 3. The summed E-state index contributed by atoms with van der Waals surface area (Å²) >= 11 is 5.87. The van der Waals surface area contributed by atoms with Crippen molar-refractivity contribution in [1.29, 1.82) is 5.41 Å². The molecule has 6 aromatic rings. The molecule has 0 aliphatic rings. The summed E-state index contributed by atoms with van der Waals surface area (Å²) in [5.74, 6) is 0.0613. The Morgan fingerprint density at radius 3 is 1.84 bits per heavy atom. The molecule has 1 heterocycles. The third-order valence-corrected chi connectivity index (χ3v) is 10.4. The molecule has 0 spiro atoms. The summed E-state index contributed by atoms with van der Waals surface area (Å²) in [5.41, 5.74) is 1.75. The molecule has 0 saturated heterocycles. The van der Waals surface area contributed by atoms with Crippen LogP contribution in [0.3, 0.4) is 0 Å². The maximum atomic E-state index is 12.0. The van der Waals surface area contributed by atoms with E-state index >= 15 is 0 Å². The van der Waals surface area contributed by atoms with Gasteiger partial charge in [-0.1, -0.05) is 18.2 Å². The first kappa shape index (κ1) is 47.8. The molecule has 0 amide bonds. The van der Waals surface area contributed by atoms with E-state index in [-0.39, 0.29) is 139 Å². The van der Waals surface area contributed by atoms with Crippen molar-refractivity contribution in [3.8, 4) is 0 Å². The van der Waals surface area contributed by atoms with Crippen LogP contribution in [-0.2, 0) is 30.4 Å². The molecule has 56 heavy (non-hydrogen) atoms. The maximum absolute atomic E-state index is 12.0. The van der Waals surface area contributed by atoms with Crippen LogP contribution in [-0.4, -0.2) is 53.9 Å². The Kier molecular flexibility index (Phi) is 15.9. The second-order valence-corrected chi connectivity index (χ2v) is 15.7. The fourth-order valence-electron chi connectivity index (χ4n) is 5.24. The van der Waals surface area contributed by atoms with Gasteiger partial charge in [-0.15, -0.1) is 5.11 Å². The molecule has 1 aromatic heterocycles. The second kappa shape index (κ2) is 18.6. The van der Waals surface area contributed by atoms with Crippen molar-refractivity contribution in [2.45, 2.75) is 28.5 Å². The summed E-state index contributed by atoms with van der Waals surface area (Å²) in [5, 5.41) is 27.4. The van der Waals surface area contributed by atoms with Gasteiger partial charge in [-0.25, -0.2) is 25.3 Å². The van der Waals surface area contributed by atoms with E-state index in [0.717, 1.165) is 36.4 Å². The normalized spacial score (nSPS) is 12.0. The molecular weight excluding hydrogens is 843 g/mol. The third-order valence-electron chi connectivity index (χ3n) is 7.65. The van der Waals surface area contributed by atoms with Crippen LogP contribution in [0.4, 0.5) is 34.4 Å². The van der Waals surface area contributed by atoms with Gasteiger partial charge in [-0.2, -0.15) is 25.3 Å². The topological polar surface area (TPSA) is 298 Å². The van der Waals surface area contributed by atoms with E-state index in [9.17, 15) is 38.9 Å². The van der Waals surface area contributed by atoms with Crippen molar-refractivity contribution in [2.24, 2.45) is 20.5 Å². The zero-order valence-electron chi connectivity index (χ0n) is 29.9. The number of aromatic nitrogens is 3. The number of benzene rings is 5. The fourth-order valence-corrected chi connectivity index (χ4v) is 7.30. The van der Waals surface area contributed by atoms with Crippen molar-refractivity contribution < 1.29 is 128 Å². The number of fused-ring (bicyclic) bond motifs is 2. The van der Waals surface area contributed by atoms with Gasteiger partial charge in [0.05, 0.1) is 37.4 Å². The van der Waals surface area contributed by atoms with Crippen LogP contribution in [0, 0.1) is 19.3 Å². The van der Waals surface area contributed by atoms with Gasteiger partial charge in [0.15, 0.2) is 0 Å². The molecule has 0 unspecified atom stereocenters. The SMILES string of the molecule is Cc1cc(N=Nc2ccc(Nc3nc(Cl)nc(=N)[nH]3)c3ccc(S(=O)(=O)[O-])cc23)c(C)cc1N=Nc1cc(S(=O)(=O)[O-])c2cccc(S(=O)(=O)[O-])c2c1.[Na+].[Na+].[Na+]. The number of rotatable bonds is 9. The third kappa shape index (κ3) is 10.9. The quantitative estimate of drug-likeness (QED) is 0.0753. The Balaban J connectivity index is 0.00000280. The van der Waals surface area contributed by atoms with Gasteiger partial charge < -0.3 is 19.0 Å². The minimum atomic E-state index is -5.13. The van der Waals surface area contributed by atoms with E-state index in [1.54, 1.807) is 32.0 Å². The van der Waals surface area contributed by atoms with E-state index in [4.69, 9.17) is 17.0 Å². The van der Waals surface area contributed by atoms with Crippen LogP contribution in [0.2, 0.25) is 5.28 Å². The molecule has 0 fully saturated rings. The number of aryl methyl sites for hydroxylation is 2. The molecule has 0 radical (unpaired) electrons. The molecule has 0 bridgehead atoms. The summed E-state index contributed by atoms with van der Waals surface area (Å²) in [6, 6.07) is 15.3. The number of nitrogens with zero attached hydrogens (tertiary/aromatic N) is 6. The number of anilines is 2. The van der Waals surface area contributed by atoms with Crippen LogP contribution in [0.1, 0.15) is 11.1 Å². The summed E-state index contributed by atoms with van der Waals surface area (Å²) in [7, 11) is -15.0. The summed E-state index contributed by atoms with van der Waals surface area (Å²) in [6.45, 7) is 3.33. The van der Waals surface area contributed by atoms with E-state index in [1.165, 1.54) is 18.2 Å². The smallest absolute Gasteiger partial charge is 0.744 e. The summed E-state index contributed by atoms with van der Waals surface area (Å²) in [6.07, 6.45) is 0. The Morgan fingerprint density at radius 2 is 1.25 bits per heavy atom. The summed E-state index contributed by atoms with van der Waals surface area (Å²) in [4.78, 5) is 8.19. The molecule has 0 saturated carbocycles. The van der Waals surface area contributed by atoms with Crippen molar-refractivity contribution in [3.05, 3.63) is 94.8 Å². The number of halogens is 1. The van der Waals surface area contributed by atoms with Gasteiger partial charge in [0.2, 0.25) is 16.9 Å². The standard InChI is InChI=1S/C31H24ClN9O9S3.3Na/c1-15-11-26(16(2)10-25(15)40-38-17-12-22-20(28(13-17)53(48,49)50)4-3-5-27(22)52(45,46)47)41-39-24-9-8-23(34-31-36-29(32)35-30(33)37-31)19-7-6-18(14-21(19)24)51(42,43)44;;;/h3-14H,1-2H3,(H,42,43,44)(H,45,46,47)(H,48,49,50)(H3,33,34,35,36,37);;;/q;3*+1/p-3. The van der Waals surface area contributed by atoms with Crippen molar-refractivity contribution in [2.75, 3.05) is 5.32 Å². The largest absolute Gasteiger partial charge is 1.00 e. The van der Waals surface area contributed by atoms with Gasteiger partial charge in [-0.05, 0) is 91.2 Å². The van der Waals surface area contributed by atoms with Gasteiger partial charge in [-0.3, -0.25) is 10.4 Å². The molecule has 5 aromatic carbocycles.